The van der Waals surface area contributed by atoms with Crippen molar-refractivity contribution in [3.63, 3.8) is 0 Å². The van der Waals surface area contributed by atoms with E-state index in [9.17, 15) is 9.59 Å². The highest BCUT2D eigenvalue weighted by atomic mass is 35.5. The van der Waals surface area contributed by atoms with E-state index in [0.29, 0.717) is 17.2 Å². The van der Waals surface area contributed by atoms with Crippen LogP contribution >= 0.6 is 11.6 Å². The number of amides is 1. The summed E-state index contributed by atoms with van der Waals surface area (Å²) in [6, 6.07) is 4.62. The average Bonchev–Trinajstić information content (AvgIpc) is 3.03. The van der Waals surface area contributed by atoms with Crippen molar-refractivity contribution in [3.8, 4) is 23.1 Å². The monoisotopic (exact) mass is 391 g/mol. The van der Waals surface area contributed by atoms with Crippen LogP contribution in [0, 0.1) is 0 Å². The number of benzene rings is 1. The van der Waals surface area contributed by atoms with Crippen LogP contribution in [0.25, 0.3) is 11.6 Å². The molecule has 11 heteroatoms. The maximum absolute atomic E-state index is 12.4. The number of ether oxygens (including phenoxy) is 2. The average molecular weight is 392 g/mol. The maximum atomic E-state index is 12.4. The Balaban J connectivity index is 1.85. The first-order valence-corrected chi connectivity index (χ1v) is 7.96. The smallest absolute Gasteiger partial charge is 0.442 e. The van der Waals surface area contributed by atoms with Gasteiger partial charge in [-0.1, -0.05) is 16.8 Å². The molecule has 3 rings (SSSR count). The summed E-state index contributed by atoms with van der Waals surface area (Å²) in [5, 5.41) is 6.53. The van der Waals surface area contributed by atoms with Crippen LogP contribution in [0.5, 0.6) is 11.5 Å². The fourth-order valence-electron chi connectivity index (χ4n) is 2.27. The normalized spacial score (nSPS) is 10.5. The number of rotatable bonds is 6. The molecule has 0 aliphatic rings. The van der Waals surface area contributed by atoms with Crippen LogP contribution in [0.2, 0.25) is 5.02 Å². The zero-order valence-electron chi connectivity index (χ0n) is 14.3. The Morgan fingerprint density at radius 3 is 2.59 bits per heavy atom. The summed E-state index contributed by atoms with van der Waals surface area (Å²) < 4.78 is 16.0. The second-order valence-electron chi connectivity index (χ2n) is 5.17. The van der Waals surface area contributed by atoms with Crippen molar-refractivity contribution >= 4 is 23.2 Å². The van der Waals surface area contributed by atoms with Crippen LogP contribution in [-0.2, 0) is 11.3 Å². The number of methoxy groups -OCH3 is 2. The molecule has 1 N–H and O–H groups in total. The fourth-order valence-corrected chi connectivity index (χ4v) is 2.51. The predicted molar refractivity (Wildman–Crippen MR) is 95.0 cm³/mol. The molecule has 0 radical (unpaired) electrons. The van der Waals surface area contributed by atoms with Crippen LogP contribution in [-0.4, -0.2) is 39.8 Å². The minimum Gasteiger partial charge on any atom is -0.495 e. The van der Waals surface area contributed by atoms with Gasteiger partial charge in [0.05, 0.1) is 24.9 Å². The number of aromatic nitrogens is 4. The van der Waals surface area contributed by atoms with Crippen molar-refractivity contribution in [2.75, 3.05) is 19.5 Å². The van der Waals surface area contributed by atoms with Crippen molar-refractivity contribution in [2.45, 2.75) is 6.54 Å². The fraction of sp³-hybridized carbons (Fsp3) is 0.188. The lowest BCUT2D eigenvalue weighted by Gasteiger charge is -2.13. The number of carbonyl (C=O) groups is 1. The Hall–Kier alpha value is -3.40. The molecule has 1 aromatic carbocycles. The van der Waals surface area contributed by atoms with E-state index in [1.165, 1.54) is 38.7 Å². The molecular formula is C16H14ClN5O5. The van der Waals surface area contributed by atoms with E-state index in [1.54, 1.807) is 6.07 Å². The van der Waals surface area contributed by atoms with E-state index in [4.69, 9.17) is 21.1 Å². The molecule has 3 aromatic rings. The summed E-state index contributed by atoms with van der Waals surface area (Å²) in [7, 11) is 2.90. The molecule has 0 spiro atoms. The van der Waals surface area contributed by atoms with Gasteiger partial charge in [0.2, 0.25) is 11.7 Å². The lowest BCUT2D eigenvalue weighted by molar-refractivity contribution is -0.116. The number of nitrogens with one attached hydrogen (secondary N) is 1. The molecule has 140 valence electrons. The minimum absolute atomic E-state index is 0.0375. The summed E-state index contributed by atoms with van der Waals surface area (Å²) in [6.45, 7) is -0.372. The van der Waals surface area contributed by atoms with Crippen LogP contribution in [0.15, 0.2) is 39.9 Å². The van der Waals surface area contributed by atoms with Gasteiger partial charge in [0.25, 0.3) is 0 Å². The Morgan fingerprint density at radius 2 is 1.93 bits per heavy atom. The molecule has 0 aliphatic heterocycles. The predicted octanol–water partition coefficient (Wildman–Crippen LogP) is 1.60. The standard InChI is InChI=1S/C16H14ClN5O5/c1-25-11-7-12(26-2)10(6-9(11)17)20-13(23)8-22-15(21-27-16(22)24)14-18-4-3-5-19-14/h3-7H,8H2,1-2H3,(H,20,23). The number of carbonyl (C=O) groups excluding carboxylic acids is 1. The molecule has 2 aromatic heterocycles. The Kier molecular flexibility index (Phi) is 5.36. The molecule has 1 amide bonds. The van der Waals surface area contributed by atoms with E-state index >= 15 is 0 Å². The maximum Gasteiger partial charge on any atom is 0.442 e. The van der Waals surface area contributed by atoms with Crippen molar-refractivity contribution in [1.82, 2.24) is 19.7 Å². The van der Waals surface area contributed by atoms with Crippen molar-refractivity contribution in [1.29, 1.82) is 0 Å². The lowest BCUT2D eigenvalue weighted by Crippen LogP contribution is -2.26. The van der Waals surface area contributed by atoms with Crippen LogP contribution in [0.4, 0.5) is 5.69 Å². The quantitative estimate of drug-likeness (QED) is 0.672. The summed E-state index contributed by atoms with van der Waals surface area (Å²) in [5.74, 6) is -0.416. The van der Waals surface area contributed by atoms with Gasteiger partial charge in [0.1, 0.15) is 18.0 Å². The number of hydrogen-bond acceptors (Lipinski definition) is 8. The van der Waals surface area contributed by atoms with Gasteiger partial charge >= 0.3 is 5.76 Å². The van der Waals surface area contributed by atoms with Crippen LogP contribution < -0.4 is 20.5 Å². The van der Waals surface area contributed by atoms with Crippen LogP contribution in [0.3, 0.4) is 0 Å². The third kappa shape index (κ3) is 3.90. The first-order valence-electron chi connectivity index (χ1n) is 7.58. The largest absolute Gasteiger partial charge is 0.495 e. The highest BCUT2D eigenvalue weighted by Crippen LogP contribution is 2.35. The second kappa shape index (κ2) is 7.87. The summed E-state index contributed by atoms with van der Waals surface area (Å²) >= 11 is 6.09. The number of halogens is 1. The van der Waals surface area contributed by atoms with Gasteiger partial charge in [-0.2, -0.15) is 0 Å². The van der Waals surface area contributed by atoms with E-state index < -0.39 is 11.7 Å². The Bertz CT molecular complexity index is 1020. The second-order valence-corrected chi connectivity index (χ2v) is 5.57. The Labute approximate surface area is 157 Å². The molecule has 0 saturated heterocycles. The van der Waals surface area contributed by atoms with Crippen molar-refractivity contribution < 1.29 is 18.8 Å². The van der Waals surface area contributed by atoms with Gasteiger partial charge in [-0.15, -0.1) is 0 Å². The molecule has 0 fully saturated rings. The Morgan fingerprint density at radius 1 is 1.22 bits per heavy atom. The van der Waals surface area contributed by atoms with E-state index in [2.05, 4.69) is 25.0 Å². The van der Waals surface area contributed by atoms with E-state index in [-0.39, 0.29) is 23.2 Å². The highest BCUT2D eigenvalue weighted by Gasteiger charge is 2.19. The van der Waals surface area contributed by atoms with E-state index in [0.717, 1.165) is 4.57 Å². The third-order valence-corrected chi connectivity index (χ3v) is 3.80. The molecule has 0 aliphatic carbocycles. The summed E-state index contributed by atoms with van der Waals surface area (Å²) in [6.07, 6.45) is 2.96. The zero-order valence-corrected chi connectivity index (χ0v) is 15.1. The van der Waals surface area contributed by atoms with Crippen LogP contribution in [0.1, 0.15) is 0 Å². The molecule has 0 bridgehead atoms. The minimum atomic E-state index is -0.813. The molecule has 0 unspecified atom stereocenters. The molecular weight excluding hydrogens is 378 g/mol. The van der Waals surface area contributed by atoms with Gasteiger partial charge in [0.15, 0.2) is 5.82 Å². The molecule has 0 saturated carbocycles. The van der Waals surface area contributed by atoms with E-state index in [1.807, 2.05) is 0 Å². The van der Waals surface area contributed by atoms with Gasteiger partial charge < -0.3 is 14.8 Å². The first-order chi connectivity index (χ1) is 13.0. The molecule has 0 atom stereocenters. The van der Waals surface area contributed by atoms with Crippen molar-refractivity contribution in [2.24, 2.45) is 0 Å². The summed E-state index contributed by atoms with van der Waals surface area (Å²) in [5.41, 5.74) is 0.315. The zero-order chi connectivity index (χ0) is 19.4. The molecule has 27 heavy (non-hydrogen) atoms. The molecule has 2 heterocycles. The number of nitrogens with zero attached hydrogens (tertiary/aromatic N) is 4. The summed E-state index contributed by atoms with van der Waals surface area (Å²) in [4.78, 5) is 32.3. The number of anilines is 1. The SMILES string of the molecule is COc1cc(OC)c(NC(=O)Cn2c(-c3ncccn3)noc2=O)cc1Cl. The first kappa shape index (κ1) is 18.4. The van der Waals surface area contributed by atoms with Gasteiger partial charge in [-0.05, 0) is 12.1 Å². The van der Waals surface area contributed by atoms with Gasteiger partial charge in [-0.3, -0.25) is 9.32 Å². The highest BCUT2D eigenvalue weighted by molar-refractivity contribution is 6.32. The van der Waals surface area contributed by atoms with Crippen molar-refractivity contribution in [3.05, 3.63) is 46.2 Å². The molecule has 10 nitrogen and oxygen atoms in total. The van der Waals surface area contributed by atoms with Gasteiger partial charge in [-0.25, -0.2) is 19.3 Å². The lowest BCUT2D eigenvalue weighted by atomic mass is 10.2. The third-order valence-electron chi connectivity index (χ3n) is 3.50. The number of hydrogen-bond donors (Lipinski definition) is 1. The van der Waals surface area contributed by atoms with Gasteiger partial charge in [0, 0.05) is 18.5 Å². The topological polar surface area (TPSA) is 121 Å².